The molecule has 0 saturated carbocycles. The first kappa shape index (κ1) is 44.3. The first-order valence-corrected chi connectivity index (χ1v) is 20.3. The van der Waals surface area contributed by atoms with E-state index in [1.54, 1.807) is 38.1 Å². The first-order chi connectivity index (χ1) is 27.3. The van der Waals surface area contributed by atoms with Crippen molar-refractivity contribution in [3.8, 4) is 0 Å². The van der Waals surface area contributed by atoms with Crippen LogP contribution in [0, 0.1) is 5.92 Å². The second kappa shape index (κ2) is 18.4. The van der Waals surface area contributed by atoms with Crippen LogP contribution in [0.3, 0.4) is 0 Å². The number of hydrogen-bond donors (Lipinski definition) is 11. The van der Waals surface area contributed by atoms with Crippen molar-refractivity contribution in [1.82, 2.24) is 41.8 Å². The lowest BCUT2D eigenvalue weighted by Crippen LogP contribution is -2.62. The summed E-state index contributed by atoms with van der Waals surface area (Å²) in [5.74, 6) is -6.36. The van der Waals surface area contributed by atoms with Gasteiger partial charge in [-0.05, 0) is 44.7 Å². The highest BCUT2D eigenvalue weighted by atomic mass is 32.2. The van der Waals surface area contributed by atoms with Crippen molar-refractivity contribution in [2.24, 2.45) is 5.92 Å². The number of rotatable bonds is 6. The lowest BCUT2D eigenvalue weighted by molar-refractivity contribution is -0.142. The second-order valence-electron chi connectivity index (χ2n) is 16.1. The standard InChI is InChI=1S/C38H54N8O11S/c1-17(2)10-24-32(52)45-29(19(4)48)35(55)43-27-15-58-36-22(21-8-6-7-9-23(21)44-36)12-25(31(51)42-26(33(53)41-24)13-38(5,57)16-47)40-30(50)18(3)39-34(54)28-11-20(49)14-46(28)37(27)56/h6-9,17-20,24-29,44,47-49,57H,10-16H2,1-5H3,(H,39,54)(H,40,50)(H,41,53)(H,42,51)(H,43,55)(H,45,52). The minimum Gasteiger partial charge on any atom is -0.393 e. The average Bonchev–Trinajstić information content (AvgIpc) is 3.72. The van der Waals surface area contributed by atoms with Crippen LogP contribution in [0.2, 0.25) is 0 Å². The second-order valence-corrected chi connectivity index (χ2v) is 17.1. The van der Waals surface area contributed by atoms with Gasteiger partial charge in [0.1, 0.15) is 42.3 Å². The number of aromatic amines is 1. The smallest absolute Gasteiger partial charge is 0.246 e. The molecule has 5 rings (SSSR count). The van der Waals surface area contributed by atoms with E-state index in [-0.39, 0.29) is 37.5 Å². The van der Waals surface area contributed by atoms with Crippen molar-refractivity contribution in [1.29, 1.82) is 0 Å². The predicted molar refractivity (Wildman–Crippen MR) is 210 cm³/mol. The van der Waals surface area contributed by atoms with Crippen molar-refractivity contribution in [2.75, 3.05) is 18.9 Å². The third-order valence-corrected chi connectivity index (χ3v) is 11.6. The van der Waals surface area contributed by atoms with Gasteiger partial charge in [0.15, 0.2) is 0 Å². The van der Waals surface area contributed by atoms with E-state index in [9.17, 15) is 54.0 Å². The zero-order valence-corrected chi connectivity index (χ0v) is 33.9. The number of thioether (sulfide) groups is 1. The SMILES string of the molecule is CC(C)CC1NC(=O)C(CC(C)(O)CO)NC(=O)C2Cc3c([nH]c4ccccc34)SCC(NC(=O)C(C(C)O)NC1=O)C(=O)N1CC(O)CC1C(=O)NC(C)C(=O)N2. The predicted octanol–water partition coefficient (Wildman–Crippen LogP) is -2.72. The molecule has 0 radical (unpaired) electrons. The Balaban J connectivity index is 1.71. The van der Waals surface area contributed by atoms with Crippen LogP contribution < -0.4 is 31.9 Å². The fourth-order valence-electron chi connectivity index (χ4n) is 7.32. The molecule has 10 atom stereocenters. The van der Waals surface area contributed by atoms with Crippen molar-refractivity contribution in [3.63, 3.8) is 0 Å². The summed E-state index contributed by atoms with van der Waals surface area (Å²) in [4.78, 5) is 103. The van der Waals surface area contributed by atoms with E-state index >= 15 is 0 Å². The van der Waals surface area contributed by atoms with Gasteiger partial charge in [0.2, 0.25) is 41.4 Å². The molecule has 20 heteroatoms. The number of carbonyl (C=O) groups excluding carboxylic acids is 7. The van der Waals surface area contributed by atoms with E-state index in [1.165, 1.54) is 20.8 Å². The molecule has 318 valence electrons. The Kier molecular flexibility index (Phi) is 14.1. The minimum absolute atomic E-state index is 0.0279. The zero-order chi connectivity index (χ0) is 42.6. The van der Waals surface area contributed by atoms with Gasteiger partial charge in [-0.25, -0.2) is 0 Å². The van der Waals surface area contributed by atoms with Crippen LogP contribution in [0.5, 0.6) is 0 Å². The van der Waals surface area contributed by atoms with Gasteiger partial charge in [-0.15, -0.1) is 11.8 Å². The Bertz CT molecular complexity index is 1900. The summed E-state index contributed by atoms with van der Waals surface area (Å²) in [6, 6.07) is -2.83. The van der Waals surface area contributed by atoms with E-state index < -0.39 is 114 Å². The van der Waals surface area contributed by atoms with Crippen LogP contribution in [0.1, 0.15) is 59.4 Å². The highest BCUT2D eigenvalue weighted by Crippen LogP contribution is 2.32. The average molecular weight is 831 g/mol. The number of carbonyl (C=O) groups is 7. The molecule has 1 saturated heterocycles. The first-order valence-electron chi connectivity index (χ1n) is 19.3. The molecule has 7 amide bonds. The summed E-state index contributed by atoms with van der Waals surface area (Å²) in [5, 5.41) is 59.0. The van der Waals surface area contributed by atoms with E-state index in [1.807, 2.05) is 0 Å². The number of benzene rings is 1. The van der Waals surface area contributed by atoms with Crippen molar-refractivity contribution >= 4 is 64.0 Å². The number of amides is 7. The fourth-order valence-corrected chi connectivity index (χ4v) is 8.42. The van der Waals surface area contributed by atoms with Gasteiger partial charge in [0.25, 0.3) is 0 Å². The fraction of sp³-hybridized carbons (Fsp3) is 0.605. The number of para-hydroxylation sites is 1. The molecule has 19 nitrogen and oxygen atoms in total. The molecule has 11 N–H and O–H groups in total. The summed E-state index contributed by atoms with van der Waals surface area (Å²) in [6.07, 6.45) is -3.51. The lowest BCUT2D eigenvalue weighted by atomic mass is 9.95. The highest BCUT2D eigenvalue weighted by molar-refractivity contribution is 7.99. The third-order valence-electron chi connectivity index (χ3n) is 10.5. The normalized spacial score (nSPS) is 29.9. The molecule has 58 heavy (non-hydrogen) atoms. The quantitative estimate of drug-likeness (QED) is 0.142. The van der Waals surface area contributed by atoms with Gasteiger partial charge >= 0.3 is 0 Å². The van der Waals surface area contributed by atoms with Crippen molar-refractivity contribution < 1.29 is 54.0 Å². The molecule has 0 aliphatic carbocycles. The van der Waals surface area contributed by atoms with Gasteiger partial charge in [-0.1, -0.05) is 32.0 Å². The van der Waals surface area contributed by atoms with E-state index in [0.717, 1.165) is 16.7 Å². The summed E-state index contributed by atoms with van der Waals surface area (Å²) in [5.41, 5.74) is -0.746. The van der Waals surface area contributed by atoms with Crippen molar-refractivity contribution in [3.05, 3.63) is 29.8 Å². The van der Waals surface area contributed by atoms with Crippen LogP contribution in [0.15, 0.2) is 29.3 Å². The van der Waals surface area contributed by atoms with E-state index in [2.05, 4.69) is 36.9 Å². The number of aliphatic hydroxyl groups is 4. The Morgan fingerprint density at radius 2 is 1.50 bits per heavy atom. The molecule has 3 aliphatic rings. The molecule has 3 aliphatic heterocycles. The summed E-state index contributed by atoms with van der Waals surface area (Å²) >= 11 is 1.09. The topological polar surface area (TPSA) is 292 Å². The number of hydrogen-bond acceptors (Lipinski definition) is 12. The molecule has 0 spiro atoms. The van der Waals surface area contributed by atoms with Crippen molar-refractivity contribution in [2.45, 2.75) is 125 Å². The molecular weight excluding hydrogens is 777 g/mol. The number of fused-ring (bicyclic) bond motifs is 5. The Morgan fingerprint density at radius 1 is 0.845 bits per heavy atom. The van der Waals surface area contributed by atoms with Gasteiger partial charge < -0.3 is 62.2 Å². The summed E-state index contributed by atoms with van der Waals surface area (Å²) < 4.78 is 0. The largest absolute Gasteiger partial charge is 0.393 e. The van der Waals surface area contributed by atoms with Crippen LogP contribution in [-0.4, -0.2) is 151 Å². The maximum atomic E-state index is 14.4. The number of nitrogens with zero attached hydrogens (tertiary/aromatic N) is 1. The van der Waals surface area contributed by atoms with E-state index in [4.69, 9.17) is 0 Å². The molecule has 4 heterocycles. The molecule has 2 bridgehead atoms. The third kappa shape index (κ3) is 10.5. The van der Waals surface area contributed by atoms with Crippen LogP contribution in [-0.2, 0) is 40.0 Å². The Morgan fingerprint density at radius 3 is 2.17 bits per heavy atom. The minimum atomic E-state index is -1.91. The molecule has 10 unspecified atom stereocenters. The van der Waals surface area contributed by atoms with Gasteiger partial charge in [-0.3, -0.25) is 33.6 Å². The lowest BCUT2D eigenvalue weighted by Gasteiger charge is -2.31. The Hall–Kier alpha value is -4.76. The maximum absolute atomic E-state index is 14.4. The van der Waals surface area contributed by atoms with Gasteiger partial charge in [-0.2, -0.15) is 0 Å². The van der Waals surface area contributed by atoms with Gasteiger partial charge in [0.05, 0.1) is 29.4 Å². The van der Waals surface area contributed by atoms with E-state index in [0.29, 0.717) is 21.5 Å². The molecule has 1 aromatic heterocycles. The van der Waals surface area contributed by atoms with Gasteiger partial charge in [0, 0.05) is 42.5 Å². The zero-order valence-electron chi connectivity index (χ0n) is 33.0. The molecule has 2 aromatic rings. The number of nitrogens with one attached hydrogen (secondary N) is 7. The molecule has 1 aromatic carbocycles. The molecule has 1 fully saturated rings. The summed E-state index contributed by atoms with van der Waals surface area (Å²) in [6.45, 7) is 6.34. The van der Waals surface area contributed by atoms with Crippen LogP contribution in [0.4, 0.5) is 0 Å². The summed E-state index contributed by atoms with van der Waals surface area (Å²) in [7, 11) is 0. The number of aliphatic hydroxyl groups excluding tert-OH is 3. The highest BCUT2D eigenvalue weighted by Gasteiger charge is 2.44. The monoisotopic (exact) mass is 830 g/mol. The maximum Gasteiger partial charge on any atom is 0.246 e. The number of aromatic nitrogens is 1. The number of H-pyrrole nitrogens is 1. The van der Waals surface area contributed by atoms with Crippen LogP contribution >= 0.6 is 11.8 Å². The molecular formula is C38H54N8O11S. The Labute approximate surface area is 339 Å². The van der Waals surface area contributed by atoms with Crippen LogP contribution in [0.25, 0.3) is 10.9 Å².